The topological polar surface area (TPSA) is 51.8 Å². The lowest BCUT2D eigenvalue weighted by molar-refractivity contribution is 1.20. The Bertz CT molecular complexity index is 383. The molecule has 0 unspecified atom stereocenters. The Morgan fingerprint density at radius 2 is 2.31 bits per heavy atom. The molecule has 2 N–H and O–H groups in total. The van der Waals surface area contributed by atoms with Crippen LogP contribution in [-0.4, -0.2) is 9.97 Å². The van der Waals surface area contributed by atoms with Crippen molar-refractivity contribution in [1.29, 1.82) is 0 Å². The molecule has 0 aliphatic carbocycles. The van der Waals surface area contributed by atoms with Gasteiger partial charge in [0.05, 0.1) is 12.1 Å². The van der Waals surface area contributed by atoms with Crippen LogP contribution in [-0.2, 0) is 0 Å². The zero-order valence-corrected chi connectivity index (χ0v) is 7.66. The fourth-order valence-electron chi connectivity index (χ4n) is 0.955. The molecule has 1 radical (unpaired) electrons. The van der Waals surface area contributed by atoms with Crippen molar-refractivity contribution >= 4 is 17.2 Å². The molecule has 4 heteroatoms. The van der Waals surface area contributed by atoms with Crippen molar-refractivity contribution < 1.29 is 0 Å². The fourth-order valence-corrected chi connectivity index (χ4v) is 1.60. The number of nitrogens with two attached hydrogens (primary N) is 1. The Kier molecular flexibility index (Phi) is 2.23. The molecule has 0 aliphatic rings. The van der Waals surface area contributed by atoms with Crippen LogP contribution in [0.2, 0.25) is 0 Å². The van der Waals surface area contributed by atoms with E-state index in [4.69, 9.17) is 5.73 Å². The Labute approximate surface area is 80.3 Å². The quantitative estimate of drug-likeness (QED) is 0.784. The number of hydrogen-bond donors (Lipinski definition) is 1. The van der Waals surface area contributed by atoms with E-state index in [9.17, 15) is 0 Å². The van der Waals surface area contributed by atoms with Gasteiger partial charge in [-0.25, -0.2) is 4.98 Å². The van der Waals surface area contributed by atoms with Crippen LogP contribution >= 0.6 is 11.3 Å². The summed E-state index contributed by atoms with van der Waals surface area (Å²) in [7, 11) is 0. The molecule has 3 nitrogen and oxygen atoms in total. The van der Waals surface area contributed by atoms with E-state index < -0.39 is 0 Å². The lowest BCUT2D eigenvalue weighted by atomic mass is 10.3. The van der Waals surface area contributed by atoms with E-state index >= 15 is 0 Å². The van der Waals surface area contributed by atoms with E-state index in [1.54, 1.807) is 6.20 Å². The molecular formula is C9H8N3S. The molecule has 13 heavy (non-hydrogen) atoms. The highest BCUT2D eigenvalue weighted by Crippen LogP contribution is 2.15. The molecule has 2 heterocycles. The summed E-state index contributed by atoms with van der Waals surface area (Å²) in [5.41, 5.74) is 6.39. The van der Waals surface area contributed by atoms with Gasteiger partial charge in [-0.15, -0.1) is 11.3 Å². The van der Waals surface area contributed by atoms with Gasteiger partial charge in [-0.05, 0) is 12.1 Å². The van der Waals surface area contributed by atoms with E-state index in [1.165, 1.54) is 11.3 Å². The van der Waals surface area contributed by atoms with Gasteiger partial charge >= 0.3 is 0 Å². The predicted octanol–water partition coefficient (Wildman–Crippen LogP) is 1.72. The third kappa shape index (κ3) is 2.03. The molecule has 0 saturated heterocycles. The molecule has 2 aromatic heterocycles. The first-order valence-electron chi connectivity index (χ1n) is 3.81. The first kappa shape index (κ1) is 8.19. The summed E-state index contributed by atoms with van der Waals surface area (Å²) < 4.78 is 0. The van der Waals surface area contributed by atoms with Crippen molar-refractivity contribution in [2.45, 2.75) is 0 Å². The maximum atomic E-state index is 5.49. The number of nitrogens with zero attached hydrogens (tertiary/aromatic N) is 2. The summed E-state index contributed by atoms with van der Waals surface area (Å²) in [5.74, 6) is 0.562. The highest BCUT2D eigenvalue weighted by Gasteiger charge is 2.01. The molecule has 65 valence electrons. The second kappa shape index (κ2) is 3.53. The minimum atomic E-state index is 0.562. The Morgan fingerprint density at radius 1 is 1.38 bits per heavy atom. The third-order valence-electron chi connectivity index (χ3n) is 1.50. The van der Waals surface area contributed by atoms with Crippen molar-refractivity contribution in [3.05, 3.63) is 46.9 Å². The van der Waals surface area contributed by atoms with Crippen LogP contribution < -0.4 is 5.73 Å². The van der Waals surface area contributed by atoms with E-state index in [-0.39, 0.29) is 0 Å². The second-order valence-corrected chi connectivity index (χ2v) is 3.40. The van der Waals surface area contributed by atoms with Crippen LogP contribution in [0.15, 0.2) is 29.8 Å². The van der Waals surface area contributed by atoms with Crippen LogP contribution in [0.1, 0.15) is 10.7 Å². The van der Waals surface area contributed by atoms with Crippen LogP contribution in [0.25, 0.3) is 0 Å². The molecule has 0 saturated carbocycles. The van der Waals surface area contributed by atoms with Crippen LogP contribution in [0.4, 0.5) is 5.82 Å². The Hall–Kier alpha value is -1.42. The molecule has 0 aromatic carbocycles. The summed E-state index contributed by atoms with van der Waals surface area (Å²) in [6.07, 6.45) is 3.66. The SMILES string of the molecule is Nc1csc([CH]c2ccccn2)n1. The molecule has 0 bridgehead atoms. The average molecular weight is 190 g/mol. The number of hydrogen-bond acceptors (Lipinski definition) is 4. The summed E-state index contributed by atoms with van der Waals surface area (Å²) in [6, 6.07) is 5.75. The Balaban J connectivity index is 2.15. The van der Waals surface area contributed by atoms with Gasteiger partial charge in [0.25, 0.3) is 0 Å². The highest BCUT2D eigenvalue weighted by molar-refractivity contribution is 7.10. The number of rotatable bonds is 2. The monoisotopic (exact) mass is 190 g/mol. The average Bonchev–Trinajstić information content (AvgIpc) is 2.53. The number of thiazole rings is 1. The molecule has 2 aromatic rings. The lowest BCUT2D eigenvalue weighted by Gasteiger charge is -1.93. The van der Waals surface area contributed by atoms with Gasteiger partial charge in [-0.3, -0.25) is 4.98 Å². The number of anilines is 1. The van der Waals surface area contributed by atoms with Crippen LogP contribution in [0.3, 0.4) is 0 Å². The van der Waals surface area contributed by atoms with E-state index in [0.29, 0.717) is 5.82 Å². The normalized spacial score (nSPS) is 10.2. The van der Waals surface area contributed by atoms with Crippen LogP contribution in [0, 0.1) is 6.42 Å². The molecule has 0 spiro atoms. The van der Waals surface area contributed by atoms with Crippen molar-refractivity contribution in [2.75, 3.05) is 5.73 Å². The van der Waals surface area contributed by atoms with Crippen LogP contribution in [0.5, 0.6) is 0 Å². The fraction of sp³-hybridized carbons (Fsp3) is 0. The smallest absolute Gasteiger partial charge is 0.134 e. The van der Waals surface area contributed by atoms with E-state index in [1.807, 2.05) is 30.0 Å². The predicted molar refractivity (Wildman–Crippen MR) is 53.3 cm³/mol. The molecule has 2 rings (SSSR count). The standard InChI is InChI=1S/C9H8N3S/c10-8-6-13-9(12-8)5-7-3-1-2-4-11-7/h1-6H,10H2. The van der Waals surface area contributed by atoms with Gasteiger partial charge < -0.3 is 5.73 Å². The third-order valence-corrected chi connectivity index (χ3v) is 2.31. The summed E-state index contributed by atoms with van der Waals surface area (Å²) in [4.78, 5) is 8.26. The van der Waals surface area contributed by atoms with E-state index in [0.717, 1.165) is 10.7 Å². The van der Waals surface area contributed by atoms with E-state index in [2.05, 4.69) is 9.97 Å². The van der Waals surface area contributed by atoms with Gasteiger partial charge in [0.2, 0.25) is 0 Å². The van der Waals surface area contributed by atoms with Crippen molar-refractivity contribution in [3.8, 4) is 0 Å². The molecule has 0 atom stereocenters. The molecular weight excluding hydrogens is 182 g/mol. The van der Waals surface area contributed by atoms with Gasteiger partial charge in [-0.2, -0.15) is 0 Å². The number of nitrogen functional groups attached to an aromatic ring is 1. The van der Waals surface area contributed by atoms with Gasteiger partial charge in [0.1, 0.15) is 10.8 Å². The zero-order chi connectivity index (χ0) is 9.10. The maximum absolute atomic E-state index is 5.49. The maximum Gasteiger partial charge on any atom is 0.134 e. The highest BCUT2D eigenvalue weighted by atomic mass is 32.1. The van der Waals surface area contributed by atoms with Gasteiger partial charge in [0, 0.05) is 11.6 Å². The van der Waals surface area contributed by atoms with Crippen molar-refractivity contribution in [3.63, 3.8) is 0 Å². The van der Waals surface area contributed by atoms with Crippen molar-refractivity contribution in [1.82, 2.24) is 9.97 Å². The van der Waals surface area contributed by atoms with Gasteiger partial charge in [0.15, 0.2) is 0 Å². The summed E-state index contributed by atoms with van der Waals surface area (Å²) in [6.45, 7) is 0. The molecule has 0 fully saturated rings. The molecule has 0 aliphatic heterocycles. The van der Waals surface area contributed by atoms with Crippen molar-refractivity contribution in [2.24, 2.45) is 0 Å². The minimum Gasteiger partial charge on any atom is -0.383 e. The number of pyridine rings is 1. The summed E-state index contributed by atoms with van der Waals surface area (Å²) >= 11 is 1.51. The largest absolute Gasteiger partial charge is 0.383 e. The van der Waals surface area contributed by atoms with Gasteiger partial charge in [-0.1, -0.05) is 6.07 Å². The first-order valence-corrected chi connectivity index (χ1v) is 4.69. The lowest BCUT2D eigenvalue weighted by Crippen LogP contribution is -1.89. The molecule has 0 amide bonds. The first-order chi connectivity index (χ1) is 6.34. The number of aromatic nitrogens is 2. The second-order valence-electron chi connectivity index (χ2n) is 2.51. The Morgan fingerprint density at radius 3 is 2.92 bits per heavy atom. The zero-order valence-electron chi connectivity index (χ0n) is 6.84. The summed E-state index contributed by atoms with van der Waals surface area (Å²) in [5, 5.41) is 2.70. The minimum absolute atomic E-state index is 0.562.